The first-order chi connectivity index (χ1) is 7.97. The van der Waals surface area contributed by atoms with E-state index in [1.165, 1.54) is 12.8 Å². The second kappa shape index (κ2) is 7.48. The Bertz CT molecular complexity index is 203. The monoisotopic (exact) mass is 270 g/mol. The van der Waals surface area contributed by atoms with Crippen LogP contribution in [0.2, 0.25) is 0 Å². The highest BCUT2D eigenvalue weighted by Gasteiger charge is 2.27. The Hall–Kier alpha value is 0.0600. The van der Waals surface area contributed by atoms with E-state index in [0.717, 1.165) is 32.0 Å². The molecule has 0 aliphatic carbocycles. The van der Waals surface area contributed by atoms with E-state index in [-0.39, 0.29) is 17.5 Å². The second-order valence-electron chi connectivity index (χ2n) is 4.58. The van der Waals surface area contributed by atoms with Crippen molar-refractivity contribution in [2.45, 2.75) is 24.8 Å². The van der Waals surface area contributed by atoms with Gasteiger partial charge in [-0.3, -0.25) is 0 Å². The summed E-state index contributed by atoms with van der Waals surface area (Å²) >= 11 is 0.0507. The van der Waals surface area contributed by atoms with Gasteiger partial charge in [0.1, 0.15) is 0 Å². The molecule has 1 N–H and O–H groups in total. The fourth-order valence-corrected chi connectivity index (χ4v) is 2.50. The van der Waals surface area contributed by atoms with Gasteiger partial charge < -0.3 is 10.2 Å². The van der Waals surface area contributed by atoms with Gasteiger partial charge in [-0.15, -0.1) is 0 Å². The van der Waals surface area contributed by atoms with Crippen LogP contribution in [-0.4, -0.2) is 49.4 Å². The predicted molar refractivity (Wildman–Crippen MR) is 66.2 cm³/mol. The molecule has 6 heteroatoms. The van der Waals surface area contributed by atoms with Crippen LogP contribution in [0.3, 0.4) is 0 Å². The van der Waals surface area contributed by atoms with Crippen LogP contribution in [0, 0.1) is 5.92 Å². The highest BCUT2D eigenvalue weighted by Crippen LogP contribution is 2.29. The number of piperidine rings is 1. The largest absolute Gasteiger partial charge is 0.441 e. The number of halogens is 3. The number of nitrogens with one attached hydrogen (secondary N) is 1. The molecule has 0 spiro atoms. The van der Waals surface area contributed by atoms with Gasteiger partial charge in [0.2, 0.25) is 0 Å². The van der Waals surface area contributed by atoms with Gasteiger partial charge >= 0.3 is 5.51 Å². The van der Waals surface area contributed by atoms with Crippen molar-refractivity contribution >= 4 is 11.8 Å². The van der Waals surface area contributed by atoms with Crippen molar-refractivity contribution in [2.75, 3.05) is 39.0 Å². The molecule has 0 aromatic rings. The number of likely N-dealkylation sites (tertiary alicyclic amines) is 1. The van der Waals surface area contributed by atoms with Crippen molar-refractivity contribution in [1.82, 2.24) is 10.2 Å². The molecule has 0 amide bonds. The first-order valence-electron chi connectivity index (χ1n) is 6.07. The Kier molecular flexibility index (Phi) is 6.66. The molecule has 0 saturated carbocycles. The fraction of sp³-hybridized carbons (Fsp3) is 1.00. The number of alkyl halides is 3. The number of hydrogen-bond acceptors (Lipinski definition) is 3. The minimum absolute atomic E-state index is 0.0507. The number of thioether (sulfide) groups is 1. The normalized spacial score (nSPS) is 19.8. The van der Waals surface area contributed by atoms with Crippen LogP contribution in [-0.2, 0) is 0 Å². The van der Waals surface area contributed by atoms with Crippen LogP contribution >= 0.6 is 11.8 Å². The van der Waals surface area contributed by atoms with Gasteiger partial charge in [0.25, 0.3) is 0 Å². The molecule has 0 atom stereocenters. The van der Waals surface area contributed by atoms with Crippen LogP contribution in [0.15, 0.2) is 0 Å². The van der Waals surface area contributed by atoms with Crippen LogP contribution in [0.25, 0.3) is 0 Å². The molecule has 0 aromatic carbocycles. The summed E-state index contributed by atoms with van der Waals surface area (Å²) in [5.74, 6) is 0.852. The minimum atomic E-state index is -4.09. The molecule has 1 rings (SSSR count). The predicted octanol–water partition coefficient (Wildman–Crippen LogP) is 2.56. The Morgan fingerprint density at radius 3 is 2.47 bits per heavy atom. The van der Waals surface area contributed by atoms with Gasteiger partial charge in [-0.25, -0.2) is 0 Å². The van der Waals surface area contributed by atoms with Crippen molar-refractivity contribution in [3.05, 3.63) is 0 Å². The lowest BCUT2D eigenvalue weighted by Gasteiger charge is -2.28. The van der Waals surface area contributed by atoms with Crippen LogP contribution in [0.4, 0.5) is 13.2 Å². The molecule has 0 bridgehead atoms. The number of rotatable bonds is 6. The summed E-state index contributed by atoms with van der Waals surface area (Å²) in [4.78, 5) is 2.32. The third-order valence-electron chi connectivity index (χ3n) is 3.11. The van der Waals surface area contributed by atoms with Crippen molar-refractivity contribution in [1.29, 1.82) is 0 Å². The maximum absolute atomic E-state index is 11.8. The van der Waals surface area contributed by atoms with E-state index in [4.69, 9.17) is 0 Å². The van der Waals surface area contributed by atoms with E-state index in [0.29, 0.717) is 6.54 Å². The second-order valence-corrected chi connectivity index (χ2v) is 5.74. The standard InChI is InChI=1S/C11H21F3N2S/c1-16-7-3-10(4-8-16)2-5-15-6-9-17-11(12,13)14/h10,15H,2-9H2,1H3. The summed E-state index contributed by atoms with van der Waals surface area (Å²) in [6.45, 7) is 3.58. The molecule has 0 radical (unpaired) electrons. The van der Waals surface area contributed by atoms with E-state index >= 15 is 0 Å². The van der Waals surface area contributed by atoms with E-state index in [2.05, 4.69) is 17.3 Å². The molecule has 1 aliphatic rings. The van der Waals surface area contributed by atoms with Gasteiger partial charge in [-0.1, -0.05) is 0 Å². The lowest BCUT2D eigenvalue weighted by atomic mass is 9.94. The SMILES string of the molecule is CN1CCC(CCNCCSC(F)(F)F)CC1. The summed E-state index contributed by atoms with van der Waals surface area (Å²) in [6.07, 6.45) is 3.52. The van der Waals surface area contributed by atoms with Gasteiger partial charge in [-0.05, 0) is 63.6 Å². The van der Waals surface area contributed by atoms with Crippen LogP contribution in [0.5, 0.6) is 0 Å². The molecule has 1 fully saturated rings. The minimum Gasteiger partial charge on any atom is -0.316 e. The number of hydrogen-bond donors (Lipinski definition) is 1. The molecule has 1 saturated heterocycles. The van der Waals surface area contributed by atoms with Gasteiger partial charge in [-0.2, -0.15) is 13.2 Å². The zero-order valence-corrected chi connectivity index (χ0v) is 11.0. The van der Waals surface area contributed by atoms with E-state index in [1.54, 1.807) is 0 Å². The van der Waals surface area contributed by atoms with Crippen molar-refractivity contribution in [3.8, 4) is 0 Å². The fourth-order valence-electron chi connectivity index (χ4n) is 2.02. The zero-order chi connectivity index (χ0) is 12.7. The Morgan fingerprint density at radius 1 is 1.24 bits per heavy atom. The van der Waals surface area contributed by atoms with E-state index in [9.17, 15) is 13.2 Å². The van der Waals surface area contributed by atoms with Crippen LogP contribution in [0.1, 0.15) is 19.3 Å². The first-order valence-corrected chi connectivity index (χ1v) is 7.06. The summed E-state index contributed by atoms with van der Waals surface area (Å²) in [6, 6.07) is 0. The molecule has 17 heavy (non-hydrogen) atoms. The highest BCUT2D eigenvalue weighted by molar-refractivity contribution is 8.00. The summed E-state index contributed by atoms with van der Waals surface area (Å²) in [7, 11) is 2.13. The maximum atomic E-state index is 11.8. The van der Waals surface area contributed by atoms with Gasteiger partial charge in [0, 0.05) is 12.3 Å². The zero-order valence-electron chi connectivity index (χ0n) is 10.2. The summed E-state index contributed by atoms with van der Waals surface area (Å²) in [5.41, 5.74) is -4.09. The molecule has 1 heterocycles. The molecule has 1 aliphatic heterocycles. The van der Waals surface area contributed by atoms with Gasteiger partial charge in [0.15, 0.2) is 0 Å². The molecule has 0 unspecified atom stereocenters. The average Bonchev–Trinajstić information content (AvgIpc) is 2.24. The van der Waals surface area contributed by atoms with E-state index < -0.39 is 5.51 Å². The lowest BCUT2D eigenvalue weighted by molar-refractivity contribution is -0.0327. The van der Waals surface area contributed by atoms with Crippen LogP contribution < -0.4 is 5.32 Å². The highest BCUT2D eigenvalue weighted by atomic mass is 32.2. The third kappa shape index (κ3) is 7.89. The molecule has 0 aromatic heterocycles. The van der Waals surface area contributed by atoms with Gasteiger partial charge in [0.05, 0.1) is 0 Å². The molecular formula is C11H21F3N2S. The average molecular weight is 270 g/mol. The summed E-state index contributed by atoms with van der Waals surface area (Å²) < 4.78 is 35.5. The van der Waals surface area contributed by atoms with Crippen molar-refractivity contribution in [2.24, 2.45) is 5.92 Å². The third-order valence-corrected chi connectivity index (χ3v) is 3.85. The number of nitrogens with zero attached hydrogens (tertiary/aromatic N) is 1. The summed E-state index contributed by atoms with van der Waals surface area (Å²) in [5, 5.41) is 3.08. The molecule has 2 nitrogen and oxygen atoms in total. The lowest BCUT2D eigenvalue weighted by Crippen LogP contribution is -2.32. The topological polar surface area (TPSA) is 15.3 Å². The molecular weight excluding hydrogens is 249 g/mol. The smallest absolute Gasteiger partial charge is 0.316 e. The Balaban J connectivity index is 1.91. The maximum Gasteiger partial charge on any atom is 0.441 e. The first kappa shape index (κ1) is 15.1. The Labute approximate surface area is 105 Å². The van der Waals surface area contributed by atoms with Crippen molar-refractivity contribution in [3.63, 3.8) is 0 Å². The van der Waals surface area contributed by atoms with Crippen molar-refractivity contribution < 1.29 is 13.2 Å². The van der Waals surface area contributed by atoms with E-state index in [1.807, 2.05) is 0 Å². The molecule has 102 valence electrons. The quantitative estimate of drug-likeness (QED) is 0.747. The Morgan fingerprint density at radius 2 is 1.88 bits per heavy atom.